The lowest BCUT2D eigenvalue weighted by Crippen LogP contribution is -2.37. The van der Waals surface area contributed by atoms with Gasteiger partial charge in [-0.1, -0.05) is 0 Å². The van der Waals surface area contributed by atoms with E-state index in [9.17, 15) is 9.59 Å². The van der Waals surface area contributed by atoms with Crippen LogP contribution < -0.4 is 5.73 Å². The smallest absolute Gasteiger partial charge is 0.306 e. The molecule has 0 aromatic heterocycles. The molecule has 0 saturated carbocycles. The van der Waals surface area contributed by atoms with E-state index in [1.165, 1.54) is 0 Å². The number of ether oxygens (including phenoxy) is 7. The van der Waals surface area contributed by atoms with Crippen LogP contribution in [-0.2, 0) is 42.7 Å². The third-order valence-electron chi connectivity index (χ3n) is 6.99. The molecule has 3 N–H and O–H groups in total. The van der Waals surface area contributed by atoms with Crippen LogP contribution in [0.2, 0.25) is 0 Å². The van der Waals surface area contributed by atoms with Gasteiger partial charge in [0.1, 0.15) is 11.2 Å². The minimum atomic E-state index is -0.416. The molecular weight excluding hydrogens is 594 g/mol. The van der Waals surface area contributed by atoms with Gasteiger partial charge in [0.05, 0.1) is 70.8 Å². The van der Waals surface area contributed by atoms with E-state index in [0.29, 0.717) is 45.9 Å². The zero-order valence-corrected chi connectivity index (χ0v) is 29.3. The van der Waals surface area contributed by atoms with Crippen LogP contribution >= 0.6 is 12.4 Å². The summed E-state index contributed by atoms with van der Waals surface area (Å²) >= 11 is 0. The number of halogens is 1. The summed E-state index contributed by atoms with van der Waals surface area (Å²) in [6.45, 7) is 14.5. The highest BCUT2D eigenvalue weighted by atomic mass is 35.5. The highest BCUT2D eigenvalue weighted by Crippen LogP contribution is 2.24. The predicted molar refractivity (Wildman–Crippen MR) is 171 cm³/mol. The molecule has 0 unspecified atom stereocenters. The first-order valence-corrected chi connectivity index (χ1v) is 15.8. The van der Waals surface area contributed by atoms with Crippen LogP contribution in [-0.4, -0.2) is 106 Å². The molecular formula is C32H62ClNO10. The van der Waals surface area contributed by atoms with E-state index in [2.05, 4.69) is 0 Å². The van der Waals surface area contributed by atoms with Crippen molar-refractivity contribution in [3.8, 4) is 0 Å². The SMILES string of the molecule is CC(C)(C)OC(=O)C[C@@H]1CC[C@@H](CO)OC1.COC[C@@H]1CC[C@@H](CC(=O)OC(C)(C)C)CO1.COC[C@@H]1CC[C@@H](N)CO1.Cl. The van der Waals surface area contributed by atoms with E-state index in [1.54, 1.807) is 14.2 Å². The quantitative estimate of drug-likeness (QED) is 0.344. The highest BCUT2D eigenvalue weighted by Gasteiger charge is 2.27. The van der Waals surface area contributed by atoms with Gasteiger partial charge in [-0.3, -0.25) is 9.59 Å². The van der Waals surface area contributed by atoms with Crippen LogP contribution in [0.1, 0.15) is 92.9 Å². The van der Waals surface area contributed by atoms with Gasteiger partial charge in [0.15, 0.2) is 0 Å². The number of hydrogen-bond acceptors (Lipinski definition) is 11. The van der Waals surface area contributed by atoms with E-state index in [0.717, 1.165) is 38.5 Å². The number of esters is 2. The topological polar surface area (TPSA) is 145 Å². The van der Waals surface area contributed by atoms with Crippen molar-refractivity contribution in [3.63, 3.8) is 0 Å². The first-order chi connectivity index (χ1) is 20.1. The second-order valence-electron chi connectivity index (χ2n) is 13.8. The van der Waals surface area contributed by atoms with Crippen molar-refractivity contribution >= 4 is 24.3 Å². The zero-order valence-electron chi connectivity index (χ0n) is 28.5. The molecule has 0 radical (unpaired) electrons. The summed E-state index contributed by atoms with van der Waals surface area (Å²) in [5.74, 6) is 0.232. The number of methoxy groups -OCH3 is 2. The van der Waals surface area contributed by atoms with Gasteiger partial charge in [0.2, 0.25) is 0 Å². The lowest BCUT2D eigenvalue weighted by atomic mass is 9.95. The van der Waals surface area contributed by atoms with E-state index in [4.69, 9.17) is 44.0 Å². The van der Waals surface area contributed by atoms with Gasteiger partial charge in [-0.2, -0.15) is 0 Å². The first-order valence-electron chi connectivity index (χ1n) is 15.8. The third kappa shape index (κ3) is 21.6. The Bertz CT molecular complexity index is 749. The van der Waals surface area contributed by atoms with E-state index in [1.807, 2.05) is 41.5 Å². The standard InChI is InChI=1S/C13H24O4.C12H22O4.C7H15NO2.ClH/c1-13(2,3)17-12(14)7-10-5-6-11(9-15-4)16-8-10;1-12(2,3)16-11(14)6-9-4-5-10(7-13)15-8-9;1-9-5-7-3-2-6(8)4-10-7;/h10-11H,5-9H2,1-4H3;9-10,13H,4-8H2,1-3H3;6-7H,2-5,8H2,1H3;1H/t10-,11-;9-,10-;6-,7+;/m001./s1. The van der Waals surface area contributed by atoms with Crippen LogP contribution in [0.25, 0.3) is 0 Å². The maximum atomic E-state index is 11.6. The fourth-order valence-electron chi connectivity index (χ4n) is 4.89. The van der Waals surface area contributed by atoms with Gasteiger partial charge in [-0.15, -0.1) is 12.4 Å². The van der Waals surface area contributed by atoms with Crippen molar-refractivity contribution in [2.75, 3.05) is 53.9 Å². The van der Waals surface area contributed by atoms with Crippen molar-refractivity contribution < 1.29 is 47.9 Å². The van der Waals surface area contributed by atoms with Crippen molar-refractivity contribution in [2.24, 2.45) is 17.6 Å². The normalized spacial score (nSPS) is 27.3. The molecule has 3 rings (SSSR count). The first kappa shape index (κ1) is 43.0. The Kier molecular flexibility index (Phi) is 21.9. The molecule has 44 heavy (non-hydrogen) atoms. The zero-order chi connectivity index (χ0) is 32.5. The second kappa shape index (κ2) is 22.5. The van der Waals surface area contributed by atoms with Crippen LogP contribution in [0.15, 0.2) is 0 Å². The van der Waals surface area contributed by atoms with Crippen LogP contribution in [0.4, 0.5) is 0 Å². The Balaban J connectivity index is 0.000000643. The molecule has 0 aliphatic carbocycles. The van der Waals surface area contributed by atoms with Crippen molar-refractivity contribution in [1.82, 2.24) is 0 Å². The molecule has 0 spiro atoms. The Hall–Kier alpha value is -1.05. The van der Waals surface area contributed by atoms with Gasteiger partial charge in [-0.05, 0) is 91.9 Å². The minimum Gasteiger partial charge on any atom is -0.460 e. The Morgan fingerprint density at radius 3 is 1.36 bits per heavy atom. The molecule has 0 amide bonds. The molecule has 262 valence electrons. The molecule has 11 nitrogen and oxygen atoms in total. The fraction of sp³-hybridized carbons (Fsp3) is 0.938. The summed E-state index contributed by atoms with van der Waals surface area (Å²) in [7, 11) is 3.37. The summed E-state index contributed by atoms with van der Waals surface area (Å²) < 4.78 is 37.0. The number of aliphatic hydroxyl groups is 1. The van der Waals surface area contributed by atoms with Crippen LogP contribution in [0.3, 0.4) is 0 Å². The maximum absolute atomic E-state index is 11.6. The van der Waals surface area contributed by atoms with E-state index in [-0.39, 0.29) is 67.1 Å². The van der Waals surface area contributed by atoms with Crippen molar-refractivity contribution in [2.45, 2.75) is 128 Å². The number of carbonyl (C=O) groups excluding carboxylic acids is 2. The average molecular weight is 656 g/mol. The van der Waals surface area contributed by atoms with Gasteiger partial charge in [0.25, 0.3) is 0 Å². The summed E-state index contributed by atoms with van der Waals surface area (Å²) in [6, 6.07) is 0.244. The van der Waals surface area contributed by atoms with Crippen molar-refractivity contribution in [3.05, 3.63) is 0 Å². The molecule has 6 atom stereocenters. The largest absolute Gasteiger partial charge is 0.460 e. The molecule has 0 aromatic carbocycles. The molecule has 3 heterocycles. The summed E-state index contributed by atoms with van der Waals surface area (Å²) in [6.07, 6.45) is 7.10. The molecule has 3 aliphatic rings. The van der Waals surface area contributed by atoms with Crippen LogP contribution in [0, 0.1) is 11.8 Å². The third-order valence-corrected chi connectivity index (χ3v) is 6.99. The second-order valence-corrected chi connectivity index (χ2v) is 13.8. The van der Waals surface area contributed by atoms with E-state index >= 15 is 0 Å². The van der Waals surface area contributed by atoms with Crippen molar-refractivity contribution in [1.29, 1.82) is 0 Å². The lowest BCUT2D eigenvalue weighted by Gasteiger charge is -2.29. The lowest BCUT2D eigenvalue weighted by molar-refractivity contribution is -0.159. The number of hydrogen-bond donors (Lipinski definition) is 2. The number of nitrogens with two attached hydrogens (primary N) is 1. The monoisotopic (exact) mass is 655 g/mol. The molecule has 0 aromatic rings. The van der Waals surface area contributed by atoms with Crippen LogP contribution in [0.5, 0.6) is 0 Å². The molecule has 3 aliphatic heterocycles. The molecule has 3 saturated heterocycles. The maximum Gasteiger partial charge on any atom is 0.306 e. The Morgan fingerprint density at radius 2 is 1.07 bits per heavy atom. The summed E-state index contributed by atoms with van der Waals surface area (Å²) in [5, 5.41) is 8.90. The fourth-order valence-corrected chi connectivity index (χ4v) is 4.89. The van der Waals surface area contributed by atoms with E-state index < -0.39 is 11.2 Å². The Labute approximate surface area is 271 Å². The van der Waals surface area contributed by atoms with Gasteiger partial charge < -0.3 is 44.0 Å². The van der Waals surface area contributed by atoms with Gasteiger partial charge in [0, 0.05) is 20.3 Å². The summed E-state index contributed by atoms with van der Waals surface area (Å²) in [5.41, 5.74) is 4.81. The summed E-state index contributed by atoms with van der Waals surface area (Å²) in [4.78, 5) is 23.2. The molecule has 3 fully saturated rings. The minimum absolute atomic E-state index is 0. The van der Waals surface area contributed by atoms with Gasteiger partial charge >= 0.3 is 11.9 Å². The average Bonchev–Trinajstić information content (AvgIpc) is 2.90. The molecule has 0 bridgehead atoms. The number of aliphatic hydroxyl groups excluding tert-OH is 1. The predicted octanol–water partition coefficient (Wildman–Crippen LogP) is 4.23. The van der Waals surface area contributed by atoms with Gasteiger partial charge in [-0.25, -0.2) is 0 Å². The Morgan fingerprint density at radius 1 is 0.682 bits per heavy atom. The highest BCUT2D eigenvalue weighted by molar-refractivity contribution is 5.85. The molecule has 12 heteroatoms. The number of carbonyl (C=O) groups is 2. The number of rotatable bonds is 9.